The summed E-state index contributed by atoms with van der Waals surface area (Å²) in [5.74, 6) is 3.35. The van der Waals surface area contributed by atoms with Gasteiger partial charge < -0.3 is 14.9 Å². The van der Waals surface area contributed by atoms with Crippen LogP contribution in [-0.4, -0.2) is 47.9 Å². The second kappa shape index (κ2) is 8.84. The largest absolute Gasteiger partial charge is 0.396 e. The molecule has 1 N–H and O–H groups in total. The molecule has 1 aromatic heterocycles. The summed E-state index contributed by atoms with van der Waals surface area (Å²) in [4.78, 5) is 13.7. The van der Waals surface area contributed by atoms with Crippen LogP contribution in [0.15, 0.2) is 12.4 Å². The summed E-state index contributed by atoms with van der Waals surface area (Å²) in [7, 11) is 2.18. The van der Waals surface area contributed by atoms with Gasteiger partial charge in [-0.25, -0.2) is 9.97 Å². The summed E-state index contributed by atoms with van der Waals surface area (Å²) in [6.07, 6.45) is 11.9. The normalized spacial score (nSPS) is 27.3. The highest BCUT2D eigenvalue weighted by molar-refractivity contribution is 5.50. The van der Waals surface area contributed by atoms with Gasteiger partial charge in [0.2, 0.25) is 0 Å². The Bertz CT molecular complexity index is 530. The molecule has 0 amide bonds. The molecule has 2 fully saturated rings. The van der Waals surface area contributed by atoms with Gasteiger partial charge in [-0.3, -0.25) is 0 Å². The van der Waals surface area contributed by atoms with Crippen LogP contribution in [0, 0.1) is 11.8 Å². The highest BCUT2D eigenvalue weighted by Gasteiger charge is 2.25. The van der Waals surface area contributed by atoms with E-state index in [1.54, 1.807) is 6.33 Å². The lowest BCUT2D eigenvalue weighted by Gasteiger charge is -2.36. The number of rotatable bonds is 6. The SMILES string of the molecule is CCCC1CCC(N(C)c2cc(N3CCCC(CO)C3)ncn2)CC1. The lowest BCUT2D eigenvalue weighted by Crippen LogP contribution is -2.38. The van der Waals surface area contributed by atoms with Gasteiger partial charge in [0.15, 0.2) is 0 Å². The topological polar surface area (TPSA) is 52.5 Å². The molecular weight excluding hydrogens is 312 g/mol. The molecule has 5 heteroatoms. The van der Waals surface area contributed by atoms with Gasteiger partial charge in [-0.15, -0.1) is 0 Å². The van der Waals surface area contributed by atoms with E-state index in [4.69, 9.17) is 0 Å². The summed E-state index contributed by atoms with van der Waals surface area (Å²) >= 11 is 0. The molecular formula is C20H34N4O. The molecule has 1 saturated carbocycles. The van der Waals surface area contributed by atoms with Gasteiger partial charge in [-0.05, 0) is 50.4 Å². The Labute approximate surface area is 152 Å². The Morgan fingerprint density at radius 3 is 2.68 bits per heavy atom. The number of piperidine rings is 1. The van der Waals surface area contributed by atoms with E-state index in [9.17, 15) is 5.11 Å². The molecule has 1 unspecified atom stereocenters. The van der Waals surface area contributed by atoms with Crippen LogP contribution in [0.4, 0.5) is 11.6 Å². The lowest BCUT2D eigenvalue weighted by atomic mass is 9.83. The van der Waals surface area contributed by atoms with E-state index in [1.165, 1.54) is 38.5 Å². The molecule has 140 valence electrons. The zero-order valence-electron chi connectivity index (χ0n) is 15.9. The van der Waals surface area contributed by atoms with E-state index < -0.39 is 0 Å². The minimum Gasteiger partial charge on any atom is -0.396 e. The molecule has 2 aliphatic rings. The van der Waals surface area contributed by atoms with E-state index in [1.807, 2.05) is 0 Å². The molecule has 1 aliphatic heterocycles. The van der Waals surface area contributed by atoms with Crippen molar-refractivity contribution < 1.29 is 5.11 Å². The first-order valence-corrected chi connectivity index (χ1v) is 10.1. The number of aliphatic hydroxyl groups excluding tert-OH is 1. The van der Waals surface area contributed by atoms with Crippen LogP contribution in [0.1, 0.15) is 58.3 Å². The molecule has 1 aromatic rings. The zero-order valence-corrected chi connectivity index (χ0v) is 15.9. The zero-order chi connectivity index (χ0) is 17.6. The fourth-order valence-electron chi connectivity index (χ4n) is 4.54. The maximum atomic E-state index is 9.46. The van der Waals surface area contributed by atoms with Crippen molar-refractivity contribution in [3.8, 4) is 0 Å². The first-order chi connectivity index (χ1) is 12.2. The molecule has 1 saturated heterocycles. The molecule has 0 radical (unpaired) electrons. The molecule has 3 rings (SSSR count). The molecule has 0 spiro atoms. The van der Waals surface area contributed by atoms with Crippen molar-refractivity contribution in [2.75, 3.05) is 36.5 Å². The number of hydrogen-bond donors (Lipinski definition) is 1. The van der Waals surface area contributed by atoms with E-state index in [-0.39, 0.29) is 6.61 Å². The Hall–Kier alpha value is -1.36. The van der Waals surface area contributed by atoms with Gasteiger partial charge in [-0.2, -0.15) is 0 Å². The summed E-state index contributed by atoms with van der Waals surface area (Å²) in [5, 5.41) is 9.46. The van der Waals surface area contributed by atoms with E-state index in [0.29, 0.717) is 12.0 Å². The van der Waals surface area contributed by atoms with E-state index in [0.717, 1.165) is 43.5 Å². The average molecular weight is 347 g/mol. The molecule has 0 bridgehead atoms. The third kappa shape index (κ3) is 4.63. The van der Waals surface area contributed by atoms with Crippen LogP contribution in [0.2, 0.25) is 0 Å². The molecule has 25 heavy (non-hydrogen) atoms. The Balaban J connectivity index is 1.63. The standard InChI is InChI=1S/C20H34N4O/c1-3-5-16-7-9-18(10-8-16)23(2)19-12-20(22-15-21-19)24-11-4-6-17(13-24)14-25/h12,15-18,25H,3-11,13-14H2,1-2H3. The quantitative estimate of drug-likeness (QED) is 0.854. The van der Waals surface area contributed by atoms with Gasteiger partial charge in [0.25, 0.3) is 0 Å². The maximum absolute atomic E-state index is 9.46. The first kappa shape index (κ1) is 18.4. The van der Waals surface area contributed by atoms with Crippen molar-refractivity contribution >= 4 is 11.6 Å². The summed E-state index contributed by atoms with van der Waals surface area (Å²) in [6.45, 7) is 4.50. The van der Waals surface area contributed by atoms with Crippen LogP contribution in [-0.2, 0) is 0 Å². The minimum atomic E-state index is 0.273. The lowest BCUT2D eigenvalue weighted by molar-refractivity contribution is 0.208. The second-order valence-electron chi connectivity index (χ2n) is 7.95. The molecule has 2 heterocycles. The average Bonchev–Trinajstić information content (AvgIpc) is 2.68. The van der Waals surface area contributed by atoms with Crippen LogP contribution >= 0.6 is 0 Å². The predicted molar refractivity (Wildman–Crippen MR) is 103 cm³/mol. The Morgan fingerprint density at radius 2 is 1.96 bits per heavy atom. The fraction of sp³-hybridized carbons (Fsp3) is 0.800. The second-order valence-corrected chi connectivity index (χ2v) is 7.95. The van der Waals surface area contributed by atoms with Gasteiger partial charge in [0, 0.05) is 38.9 Å². The number of anilines is 2. The summed E-state index contributed by atoms with van der Waals surface area (Å²) < 4.78 is 0. The van der Waals surface area contributed by atoms with Crippen molar-refractivity contribution in [3.63, 3.8) is 0 Å². The highest BCUT2D eigenvalue weighted by Crippen LogP contribution is 2.32. The third-order valence-corrected chi connectivity index (χ3v) is 6.16. The minimum absolute atomic E-state index is 0.273. The van der Waals surface area contributed by atoms with E-state index >= 15 is 0 Å². The predicted octanol–water partition coefficient (Wildman–Crippen LogP) is 3.48. The fourth-order valence-corrected chi connectivity index (χ4v) is 4.54. The van der Waals surface area contributed by atoms with Crippen molar-refractivity contribution in [1.82, 2.24) is 9.97 Å². The number of hydrogen-bond acceptors (Lipinski definition) is 5. The van der Waals surface area contributed by atoms with Crippen molar-refractivity contribution in [3.05, 3.63) is 12.4 Å². The van der Waals surface area contributed by atoms with Gasteiger partial charge in [-0.1, -0.05) is 19.8 Å². The number of nitrogens with zero attached hydrogens (tertiary/aromatic N) is 4. The van der Waals surface area contributed by atoms with Crippen molar-refractivity contribution in [2.24, 2.45) is 11.8 Å². The molecule has 1 atom stereocenters. The van der Waals surface area contributed by atoms with Gasteiger partial charge in [0.05, 0.1) is 0 Å². The van der Waals surface area contributed by atoms with E-state index in [2.05, 4.69) is 39.8 Å². The Kier molecular flexibility index (Phi) is 6.51. The highest BCUT2D eigenvalue weighted by atomic mass is 16.3. The molecule has 0 aromatic carbocycles. The molecule has 5 nitrogen and oxygen atoms in total. The molecule has 1 aliphatic carbocycles. The maximum Gasteiger partial charge on any atom is 0.134 e. The first-order valence-electron chi connectivity index (χ1n) is 10.1. The monoisotopic (exact) mass is 346 g/mol. The van der Waals surface area contributed by atoms with Crippen LogP contribution in [0.3, 0.4) is 0 Å². The van der Waals surface area contributed by atoms with Crippen LogP contribution in [0.5, 0.6) is 0 Å². The number of aliphatic hydroxyl groups is 1. The van der Waals surface area contributed by atoms with Crippen LogP contribution < -0.4 is 9.80 Å². The summed E-state index contributed by atoms with van der Waals surface area (Å²) in [5.41, 5.74) is 0. The van der Waals surface area contributed by atoms with Gasteiger partial charge >= 0.3 is 0 Å². The van der Waals surface area contributed by atoms with Gasteiger partial charge in [0.1, 0.15) is 18.0 Å². The van der Waals surface area contributed by atoms with Crippen molar-refractivity contribution in [2.45, 2.75) is 64.3 Å². The number of aromatic nitrogens is 2. The smallest absolute Gasteiger partial charge is 0.134 e. The Morgan fingerprint density at radius 1 is 1.16 bits per heavy atom. The summed E-state index contributed by atoms with van der Waals surface area (Å²) in [6, 6.07) is 2.74. The van der Waals surface area contributed by atoms with Crippen LogP contribution in [0.25, 0.3) is 0 Å². The third-order valence-electron chi connectivity index (χ3n) is 6.16. The van der Waals surface area contributed by atoms with Crippen molar-refractivity contribution in [1.29, 1.82) is 0 Å².